The largest absolute Gasteiger partial charge is 0.368 e. The molecule has 1 heterocycles. The normalized spacial score (nSPS) is 13.6. The van der Waals surface area contributed by atoms with Gasteiger partial charge in [0, 0.05) is 49.2 Å². The van der Waals surface area contributed by atoms with Crippen LogP contribution in [0, 0.1) is 10.1 Å². The molecule has 9 heteroatoms. The summed E-state index contributed by atoms with van der Waals surface area (Å²) in [6.45, 7) is 4.33. The van der Waals surface area contributed by atoms with Crippen LogP contribution < -0.4 is 15.5 Å². The third-order valence-corrected chi connectivity index (χ3v) is 5.07. The van der Waals surface area contributed by atoms with Crippen LogP contribution in [-0.2, 0) is 11.2 Å². The number of anilines is 2. The molecule has 1 saturated heterocycles. The molecule has 3 amide bonds. The number of benzene rings is 2. The molecule has 1 aliphatic heterocycles. The minimum atomic E-state index is -0.579. The van der Waals surface area contributed by atoms with Crippen LogP contribution in [0.15, 0.2) is 48.5 Å². The third kappa shape index (κ3) is 5.25. The first kappa shape index (κ1) is 21.1. The molecule has 9 nitrogen and oxygen atoms in total. The van der Waals surface area contributed by atoms with Gasteiger partial charge in [-0.15, -0.1) is 0 Å². The summed E-state index contributed by atoms with van der Waals surface area (Å²) in [7, 11) is 0. The zero-order valence-corrected chi connectivity index (χ0v) is 16.8. The van der Waals surface area contributed by atoms with Gasteiger partial charge in [-0.3, -0.25) is 14.9 Å². The van der Waals surface area contributed by atoms with Gasteiger partial charge in [0.1, 0.15) is 0 Å². The zero-order valence-electron chi connectivity index (χ0n) is 16.8. The summed E-state index contributed by atoms with van der Waals surface area (Å²) in [4.78, 5) is 39.1. The summed E-state index contributed by atoms with van der Waals surface area (Å²) >= 11 is 0. The summed E-state index contributed by atoms with van der Waals surface area (Å²) in [5.41, 5.74) is 1.99. The molecule has 0 unspecified atom stereocenters. The highest BCUT2D eigenvalue weighted by atomic mass is 16.6. The maximum absolute atomic E-state index is 12.4. The number of aryl methyl sites for hydroxylation is 1. The molecule has 2 aromatic carbocycles. The van der Waals surface area contributed by atoms with E-state index in [2.05, 4.69) is 15.5 Å². The van der Waals surface area contributed by atoms with Crippen LogP contribution in [0.1, 0.15) is 12.5 Å². The molecular weight excluding hydrogens is 386 g/mol. The maximum atomic E-state index is 12.4. The second kappa shape index (κ2) is 9.73. The number of carbonyl (C=O) groups is 2. The van der Waals surface area contributed by atoms with Gasteiger partial charge in [0.25, 0.3) is 5.69 Å². The fourth-order valence-electron chi connectivity index (χ4n) is 3.41. The van der Waals surface area contributed by atoms with E-state index in [4.69, 9.17) is 0 Å². The molecule has 0 bridgehead atoms. The highest BCUT2D eigenvalue weighted by Gasteiger charge is 2.21. The summed E-state index contributed by atoms with van der Waals surface area (Å²) in [5, 5.41) is 16.2. The van der Waals surface area contributed by atoms with Gasteiger partial charge in [-0.2, -0.15) is 0 Å². The van der Waals surface area contributed by atoms with Crippen LogP contribution >= 0.6 is 0 Å². The molecule has 158 valence electrons. The van der Waals surface area contributed by atoms with Gasteiger partial charge in [-0.05, 0) is 24.6 Å². The Kier molecular flexibility index (Phi) is 6.84. The Balaban J connectivity index is 1.47. The fourth-order valence-corrected chi connectivity index (χ4v) is 3.41. The highest BCUT2D eigenvalue weighted by Crippen LogP contribution is 2.23. The molecule has 0 aromatic heterocycles. The van der Waals surface area contributed by atoms with E-state index < -0.39 is 11.0 Å². The fraction of sp³-hybridized carbons (Fsp3) is 0.333. The second-order valence-electron chi connectivity index (χ2n) is 6.97. The monoisotopic (exact) mass is 411 g/mol. The van der Waals surface area contributed by atoms with Gasteiger partial charge in [0.2, 0.25) is 5.91 Å². The minimum absolute atomic E-state index is 0.0392. The minimum Gasteiger partial charge on any atom is -0.368 e. The maximum Gasteiger partial charge on any atom is 0.319 e. The lowest BCUT2D eigenvalue weighted by atomic mass is 10.1. The number of carbonyl (C=O) groups excluding carboxylic acids is 2. The van der Waals surface area contributed by atoms with E-state index in [-0.39, 0.29) is 18.1 Å². The number of nitro benzene ring substituents is 1. The Bertz CT molecular complexity index is 911. The van der Waals surface area contributed by atoms with Crippen LogP contribution in [-0.4, -0.2) is 54.5 Å². The van der Waals surface area contributed by atoms with E-state index in [0.717, 1.165) is 18.8 Å². The summed E-state index contributed by atoms with van der Waals surface area (Å²) < 4.78 is 0. The number of urea groups is 1. The van der Waals surface area contributed by atoms with Crippen molar-refractivity contribution in [1.82, 2.24) is 10.2 Å². The quantitative estimate of drug-likeness (QED) is 0.561. The average molecular weight is 411 g/mol. The Morgan fingerprint density at radius 1 is 1.07 bits per heavy atom. The molecule has 2 N–H and O–H groups in total. The van der Waals surface area contributed by atoms with Gasteiger partial charge in [0.05, 0.1) is 11.5 Å². The topological polar surface area (TPSA) is 108 Å². The molecule has 0 atom stereocenters. The number of nitro groups is 1. The summed E-state index contributed by atoms with van der Waals surface area (Å²) in [6.07, 6.45) is 0.523. The van der Waals surface area contributed by atoms with Gasteiger partial charge in [0.15, 0.2) is 0 Å². The Morgan fingerprint density at radius 3 is 2.40 bits per heavy atom. The first-order valence-corrected chi connectivity index (χ1v) is 9.88. The standard InChI is InChI=1S/C21H25N5O4/c1-2-16-8-9-17(14-19(16)26(29)30)23-21(28)22-15-20(27)25-12-10-24(11-13-25)18-6-4-3-5-7-18/h3-9,14H,2,10-13,15H2,1H3,(H2,22,23,28). The van der Waals surface area contributed by atoms with Crippen molar-refractivity contribution in [2.75, 3.05) is 42.9 Å². The average Bonchev–Trinajstić information content (AvgIpc) is 2.78. The smallest absolute Gasteiger partial charge is 0.319 e. The predicted octanol–water partition coefficient (Wildman–Crippen LogP) is 2.63. The molecule has 30 heavy (non-hydrogen) atoms. The van der Waals surface area contributed by atoms with Crippen molar-refractivity contribution in [1.29, 1.82) is 0 Å². The van der Waals surface area contributed by atoms with Crippen molar-refractivity contribution in [2.24, 2.45) is 0 Å². The van der Waals surface area contributed by atoms with Crippen molar-refractivity contribution in [3.63, 3.8) is 0 Å². The number of rotatable bonds is 6. The van der Waals surface area contributed by atoms with Crippen LogP contribution in [0.3, 0.4) is 0 Å². The van der Waals surface area contributed by atoms with Crippen molar-refractivity contribution in [2.45, 2.75) is 13.3 Å². The predicted molar refractivity (Wildman–Crippen MR) is 115 cm³/mol. The first-order valence-electron chi connectivity index (χ1n) is 9.88. The molecule has 0 spiro atoms. The highest BCUT2D eigenvalue weighted by molar-refractivity contribution is 5.92. The van der Waals surface area contributed by atoms with Crippen molar-refractivity contribution in [3.05, 3.63) is 64.2 Å². The number of hydrogen-bond donors (Lipinski definition) is 2. The van der Waals surface area contributed by atoms with Crippen molar-refractivity contribution < 1.29 is 14.5 Å². The summed E-state index contributed by atoms with van der Waals surface area (Å²) in [5.74, 6) is -0.162. The molecule has 2 aromatic rings. The first-order chi connectivity index (χ1) is 14.5. The van der Waals surface area contributed by atoms with Crippen LogP contribution in [0.25, 0.3) is 0 Å². The number of nitrogens with zero attached hydrogens (tertiary/aromatic N) is 3. The molecule has 0 aliphatic carbocycles. The lowest BCUT2D eigenvalue weighted by molar-refractivity contribution is -0.385. The van der Waals surface area contributed by atoms with Gasteiger partial charge < -0.3 is 20.4 Å². The van der Waals surface area contributed by atoms with Crippen LogP contribution in [0.4, 0.5) is 21.9 Å². The van der Waals surface area contributed by atoms with E-state index in [1.54, 1.807) is 17.0 Å². The van der Waals surface area contributed by atoms with E-state index >= 15 is 0 Å². The van der Waals surface area contributed by atoms with Crippen LogP contribution in [0.5, 0.6) is 0 Å². The van der Waals surface area contributed by atoms with Crippen molar-refractivity contribution in [3.8, 4) is 0 Å². The Hall–Kier alpha value is -3.62. The lowest BCUT2D eigenvalue weighted by Crippen LogP contribution is -2.51. The zero-order chi connectivity index (χ0) is 21.5. The third-order valence-electron chi connectivity index (χ3n) is 5.07. The van der Waals surface area contributed by atoms with Crippen LogP contribution in [0.2, 0.25) is 0 Å². The molecular formula is C21H25N5O4. The Labute approximate surface area is 174 Å². The SMILES string of the molecule is CCc1ccc(NC(=O)NCC(=O)N2CCN(c3ccccc3)CC2)cc1[N+](=O)[O-]. The van der Waals surface area contributed by atoms with E-state index in [1.807, 2.05) is 37.3 Å². The lowest BCUT2D eigenvalue weighted by Gasteiger charge is -2.36. The van der Waals surface area contributed by atoms with Gasteiger partial charge in [-0.1, -0.05) is 31.2 Å². The number of para-hydroxylation sites is 1. The number of piperazine rings is 1. The van der Waals surface area contributed by atoms with Gasteiger partial charge >= 0.3 is 6.03 Å². The van der Waals surface area contributed by atoms with E-state index in [0.29, 0.717) is 30.8 Å². The summed E-state index contributed by atoms with van der Waals surface area (Å²) in [6, 6.07) is 14.0. The van der Waals surface area contributed by atoms with Crippen molar-refractivity contribution >= 4 is 29.0 Å². The molecule has 3 rings (SSSR count). The molecule has 1 fully saturated rings. The number of hydrogen-bond acceptors (Lipinski definition) is 5. The number of amides is 3. The molecule has 0 saturated carbocycles. The second-order valence-corrected chi connectivity index (χ2v) is 6.97. The molecule has 0 radical (unpaired) electrons. The molecule has 1 aliphatic rings. The number of nitrogens with one attached hydrogen (secondary N) is 2. The Morgan fingerprint density at radius 2 is 1.77 bits per heavy atom. The van der Waals surface area contributed by atoms with E-state index in [1.165, 1.54) is 6.07 Å². The van der Waals surface area contributed by atoms with Gasteiger partial charge in [-0.25, -0.2) is 4.79 Å². The van der Waals surface area contributed by atoms with E-state index in [9.17, 15) is 19.7 Å².